The van der Waals surface area contributed by atoms with Crippen LogP contribution in [0, 0.1) is 18.6 Å². The van der Waals surface area contributed by atoms with E-state index in [-0.39, 0.29) is 19.5 Å². The van der Waals surface area contributed by atoms with Gasteiger partial charge >= 0.3 is 5.97 Å². The Morgan fingerprint density at radius 1 is 1.28 bits per heavy atom. The topological polar surface area (TPSA) is 83.6 Å². The highest BCUT2D eigenvalue weighted by Crippen LogP contribution is 2.21. The highest BCUT2D eigenvalue weighted by Gasteiger charge is 2.17. The van der Waals surface area contributed by atoms with Gasteiger partial charge in [0.15, 0.2) is 17.5 Å². The molecule has 0 aliphatic rings. The third-order valence-electron chi connectivity index (χ3n) is 3.73. The minimum absolute atomic E-state index is 0.132. The quantitative estimate of drug-likeness (QED) is 0.736. The van der Waals surface area contributed by atoms with E-state index in [1.165, 1.54) is 6.07 Å². The molecule has 0 bridgehead atoms. The highest BCUT2D eigenvalue weighted by molar-refractivity contribution is 5.69. The van der Waals surface area contributed by atoms with E-state index in [9.17, 15) is 13.6 Å². The summed E-state index contributed by atoms with van der Waals surface area (Å²) in [5, 5.41) is 17.0. The first-order chi connectivity index (χ1) is 12.0. The summed E-state index contributed by atoms with van der Waals surface area (Å²) >= 11 is 0. The van der Waals surface area contributed by atoms with E-state index in [0.29, 0.717) is 22.9 Å². The van der Waals surface area contributed by atoms with Gasteiger partial charge in [-0.15, -0.1) is 10.2 Å². The van der Waals surface area contributed by atoms with E-state index in [1.807, 2.05) is 0 Å². The molecular formula is C16H15F2N5O2. The molecule has 2 heterocycles. The summed E-state index contributed by atoms with van der Waals surface area (Å²) in [6, 6.07) is 3.56. The van der Waals surface area contributed by atoms with Gasteiger partial charge < -0.3 is 10.0 Å². The smallest absolute Gasteiger partial charge is 0.305 e. The number of halogens is 2. The lowest BCUT2D eigenvalue weighted by Gasteiger charge is -2.23. The largest absolute Gasteiger partial charge is 0.481 e. The predicted octanol–water partition coefficient (Wildman–Crippen LogP) is 2.19. The van der Waals surface area contributed by atoms with E-state index in [0.717, 1.165) is 12.1 Å². The molecule has 0 saturated carbocycles. The summed E-state index contributed by atoms with van der Waals surface area (Å²) in [5.41, 5.74) is 0.956. The number of hydrogen-bond donors (Lipinski definition) is 1. The molecule has 2 aromatic heterocycles. The average molecular weight is 347 g/mol. The fourth-order valence-corrected chi connectivity index (χ4v) is 2.50. The maximum absolute atomic E-state index is 13.5. The molecule has 0 saturated heterocycles. The van der Waals surface area contributed by atoms with Gasteiger partial charge in [0.05, 0.1) is 6.42 Å². The summed E-state index contributed by atoms with van der Waals surface area (Å²) in [6.45, 7) is 2.07. The van der Waals surface area contributed by atoms with E-state index in [1.54, 1.807) is 28.6 Å². The van der Waals surface area contributed by atoms with Crippen LogP contribution in [-0.2, 0) is 11.3 Å². The lowest BCUT2D eigenvalue weighted by atomic mass is 10.2. The van der Waals surface area contributed by atoms with Gasteiger partial charge in [-0.1, -0.05) is 6.07 Å². The Labute approximate surface area is 141 Å². The van der Waals surface area contributed by atoms with Crippen molar-refractivity contribution in [1.29, 1.82) is 0 Å². The molecule has 130 valence electrons. The zero-order valence-electron chi connectivity index (χ0n) is 13.4. The molecule has 0 amide bonds. The van der Waals surface area contributed by atoms with E-state index in [2.05, 4.69) is 15.2 Å². The Hall–Kier alpha value is -3.10. The van der Waals surface area contributed by atoms with Crippen molar-refractivity contribution in [1.82, 2.24) is 19.6 Å². The lowest BCUT2D eigenvalue weighted by Crippen LogP contribution is -2.27. The second-order valence-corrected chi connectivity index (χ2v) is 5.51. The predicted molar refractivity (Wildman–Crippen MR) is 85.2 cm³/mol. The fourth-order valence-electron chi connectivity index (χ4n) is 2.50. The Balaban J connectivity index is 1.98. The van der Waals surface area contributed by atoms with E-state index in [4.69, 9.17) is 5.11 Å². The zero-order chi connectivity index (χ0) is 18.0. The molecule has 7 nitrogen and oxygen atoms in total. The third-order valence-corrected chi connectivity index (χ3v) is 3.73. The first-order valence-corrected chi connectivity index (χ1v) is 7.52. The van der Waals surface area contributed by atoms with Crippen LogP contribution in [0.3, 0.4) is 0 Å². The van der Waals surface area contributed by atoms with Crippen molar-refractivity contribution < 1.29 is 18.7 Å². The molecule has 0 aliphatic heterocycles. The molecule has 0 aliphatic carbocycles. The monoisotopic (exact) mass is 347 g/mol. The molecule has 25 heavy (non-hydrogen) atoms. The molecule has 0 fully saturated rings. The molecule has 1 N–H and O–H groups in total. The van der Waals surface area contributed by atoms with Crippen LogP contribution in [0.15, 0.2) is 30.6 Å². The fraction of sp³-hybridized carbons (Fsp3) is 0.250. The van der Waals surface area contributed by atoms with Crippen molar-refractivity contribution in [2.75, 3.05) is 11.4 Å². The number of nitrogens with zero attached hydrogens (tertiary/aromatic N) is 5. The molecule has 0 unspecified atom stereocenters. The highest BCUT2D eigenvalue weighted by atomic mass is 19.2. The van der Waals surface area contributed by atoms with Crippen LogP contribution in [0.4, 0.5) is 14.6 Å². The Bertz CT molecular complexity index is 928. The molecule has 0 radical (unpaired) electrons. The zero-order valence-corrected chi connectivity index (χ0v) is 13.4. The molecule has 3 rings (SSSR count). The number of rotatable bonds is 6. The summed E-state index contributed by atoms with van der Waals surface area (Å²) in [4.78, 5) is 16.9. The first kappa shape index (κ1) is 16.7. The maximum atomic E-state index is 13.5. The number of carboxylic acid groups (broad SMARTS) is 1. The molecule has 9 heteroatoms. The third kappa shape index (κ3) is 3.54. The second kappa shape index (κ2) is 6.80. The van der Waals surface area contributed by atoms with Crippen molar-refractivity contribution in [2.24, 2.45) is 0 Å². The number of aryl methyl sites for hydroxylation is 1. The van der Waals surface area contributed by atoms with Crippen LogP contribution in [0.25, 0.3) is 5.65 Å². The van der Waals surface area contributed by atoms with Gasteiger partial charge in [0, 0.05) is 25.5 Å². The van der Waals surface area contributed by atoms with Crippen molar-refractivity contribution in [3.8, 4) is 0 Å². The van der Waals surface area contributed by atoms with Gasteiger partial charge in [-0.25, -0.2) is 13.8 Å². The van der Waals surface area contributed by atoms with E-state index >= 15 is 0 Å². The standard InChI is InChI=1S/C16H15F2N5O2/c1-10-20-21-16-15(19-5-7-23(10)16)22(6-4-14(24)25)9-11-2-3-12(17)13(18)8-11/h2-3,5,7-8H,4,6,9H2,1H3,(H,24,25). The first-order valence-electron chi connectivity index (χ1n) is 7.52. The Kier molecular flexibility index (Phi) is 4.55. The van der Waals surface area contributed by atoms with Crippen LogP contribution >= 0.6 is 0 Å². The van der Waals surface area contributed by atoms with Crippen LogP contribution < -0.4 is 4.90 Å². The maximum Gasteiger partial charge on any atom is 0.305 e. The molecule has 0 atom stereocenters. The van der Waals surface area contributed by atoms with E-state index < -0.39 is 17.6 Å². The molecule has 1 aromatic carbocycles. The van der Waals surface area contributed by atoms with Gasteiger partial charge in [-0.05, 0) is 24.6 Å². The normalized spacial score (nSPS) is 11.0. The molecule has 3 aromatic rings. The summed E-state index contributed by atoms with van der Waals surface area (Å²) in [6.07, 6.45) is 3.11. The molecule has 0 spiro atoms. The van der Waals surface area contributed by atoms with Crippen LogP contribution in [0.1, 0.15) is 17.8 Å². The van der Waals surface area contributed by atoms with Crippen molar-refractivity contribution in [2.45, 2.75) is 19.9 Å². The lowest BCUT2D eigenvalue weighted by molar-refractivity contribution is -0.136. The minimum atomic E-state index is -0.972. The average Bonchev–Trinajstić information content (AvgIpc) is 2.96. The number of carbonyl (C=O) groups is 1. The van der Waals surface area contributed by atoms with Gasteiger partial charge in [0.1, 0.15) is 5.82 Å². The summed E-state index contributed by atoms with van der Waals surface area (Å²) in [7, 11) is 0. The number of hydrogen-bond acceptors (Lipinski definition) is 5. The van der Waals surface area contributed by atoms with Gasteiger partial charge in [-0.2, -0.15) is 0 Å². The van der Waals surface area contributed by atoms with Crippen LogP contribution in [0.5, 0.6) is 0 Å². The molecular weight excluding hydrogens is 332 g/mol. The van der Waals surface area contributed by atoms with Crippen LogP contribution in [-0.4, -0.2) is 37.2 Å². The van der Waals surface area contributed by atoms with Gasteiger partial charge in [-0.3, -0.25) is 9.20 Å². The minimum Gasteiger partial charge on any atom is -0.481 e. The number of carboxylic acids is 1. The van der Waals surface area contributed by atoms with Gasteiger partial charge in [0.25, 0.3) is 0 Å². The Morgan fingerprint density at radius 3 is 2.80 bits per heavy atom. The second-order valence-electron chi connectivity index (χ2n) is 5.51. The van der Waals surface area contributed by atoms with Crippen molar-refractivity contribution >= 4 is 17.4 Å². The number of benzene rings is 1. The van der Waals surface area contributed by atoms with Crippen molar-refractivity contribution in [3.63, 3.8) is 0 Å². The SMILES string of the molecule is Cc1nnc2c(N(CCC(=O)O)Cc3ccc(F)c(F)c3)nccn12. The number of aromatic nitrogens is 4. The summed E-state index contributed by atoms with van der Waals surface area (Å²) < 4.78 is 28.3. The number of aliphatic carboxylic acids is 1. The van der Waals surface area contributed by atoms with Gasteiger partial charge in [0.2, 0.25) is 5.65 Å². The number of fused-ring (bicyclic) bond motifs is 1. The van der Waals surface area contributed by atoms with Crippen LogP contribution in [0.2, 0.25) is 0 Å². The Morgan fingerprint density at radius 2 is 2.08 bits per heavy atom. The number of anilines is 1. The summed E-state index contributed by atoms with van der Waals surface area (Å²) in [5.74, 6) is -1.78. The van der Waals surface area contributed by atoms with Crippen molar-refractivity contribution in [3.05, 3.63) is 53.6 Å².